The molecule has 0 atom stereocenters. The van der Waals surface area contributed by atoms with Crippen LogP contribution in [-0.4, -0.2) is 34.9 Å². The van der Waals surface area contributed by atoms with E-state index in [0.717, 1.165) is 11.3 Å². The van der Waals surface area contributed by atoms with Crippen LogP contribution < -0.4 is 15.0 Å². The molecular weight excluding hydrogens is 426 g/mol. The first-order chi connectivity index (χ1) is 14.3. The number of ether oxygens (including phenoxy) is 1. The van der Waals surface area contributed by atoms with Crippen molar-refractivity contribution in [1.82, 2.24) is 19.4 Å². The van der Waals surface area contributed by atoms with Crippen LogP contribution >= 0.6 is 11.3 Å². The first-order valence-corrected chi connectivity index (χ1v) is 11.1. The summed E-state index contributed by atoms with van der Waals surface area (Å²) in [6.07, 6.45) is 6.02. The number of sulfonamides is 1. The molecule has 0 saturated heterocycles. The number of fused-ring (bicyclic) bond motifs is 1. The van der Waals surface area contributed by atoms with Gasteiger partial charge in [-0.25, -0.2) is 23.4 Å². The monoisotopic (exact) mass is 443 g/mol. The number of thiazole rings is 1. The standard InChI is InChI=1S/C19H17N5O4S2/c1-11-7-21-16-5-4-13(10-24(16)19(11)25)14-6-15(18(28-3)22-8-14)23-30(26,27)17-9-20-12(2)29-17/h4-10,23H,1-3H3. The third-order valence-corrected chi connectivity index (χ3v) is 7.10. The van der Waals surface area contributed by atoms with E-state index in [2.05, 4.69) is 19.7 Å². The van der Waals surface area contributed by atoms with E-state index in [4.69, 9.17) is 4.74 Å². The maximum Gasteiger partial charge on any atom is 0.273 e. The molecule has 30 heavy (non-hydrogen) atoms. The highest BCUT2D eigenvalue weighted by Gasteiger charge is 2.20. The number of hydrogen-bond donors (Lipinski definition) is 1. The van der Waals surface area contributed by atoms with Crippen LogP contribution in [0.15, 0.2) is 52.0 Å². The van der Waals surface area contributed by atoms with Gasteiger partial charge in [0, 0.05) is 35.3 Å². The summed E-state index contributed by atoms with van der Waals surface area (Å²) in [5.41, 5.74) is 2.30. The number of aromatic nitrogens is 4. The molecule has 4 rings (SSSR count). The summed E-state index contributed by atoms with van der Waals surface area (Å²) in [6.45, 7) is 3.42. The van der Waals surface area contributed by atoms with Crippen molar-refractivity contribution in [1.29, 1.82) is 0 Å². The Morgan fingerprint density at radius 2 is 1.87 bits per heavy atom. The van der Waals surface area contributed by atoms with E-state index < -0.39 is 10.0 Å². The van der Waals surface area contributed by atoms with Crippen molar-refractivity contribution in [2.24, 2.45) is 0 Å². The van der Waals surface area contributed by atoms with Crippen LogP contribution in [0.2, 0.25) is 0 Å². The first kappa shape index (κ1) is 20.0. The van der Waals surface area contributed by atoms with Crippen molar-refractivity contribution >= 4 is 32.7 Å². The summed E-state index contributed by atoms with van der Waals surface area (Å²) in [6, 6.07) is 5.10. The van der Waals surface area contributed by atoms with Gasteiger partial charge in [0.05, 0.1) is 18.3 Å². The second-order valence-corrected chi connectivity index (χ2v) is 9.62. The summed E-state index contributed by atoms with van der Waals surface area (Å²) in [5, 5.41) is 0.639. The van der Waals surface area contributed by atoms with Crippen LogP contribution in [0, 0.1) is 13.8 Å². The Labute approximate surface area is 176 Å². The molecule has 0 radical (unpaired) electrons. The summed E-state index contributed by atoms with van der Waals surface area (Å²) < 4.78 is 34.7. The average molecular weight is 444 g/mol. The van der Waals surface area contributed by atoms with Gasteiger partial charge in [0.15, 0.2) is 4.21 Å². The second-order valence-electron chi connectivity index (χ2n) is 6.48. The molecule has 4 aromatic rings. The molecule has 0 amide bonds. The first-order valence-electron chi connectivity index (χ1n) is 8.76. The molecule has 0 spiro atoms. The van der Waals surface area contributed by atoms with E-state index in [9.17, 15) is 13.2 Å². The number of anilines is 1. The number of rotatable bonds is 5. The third kappa shape index (κ3) is 3.64. The lowest BCUT2D eigenvalue weighted by atomic mass is 10.1. The molecule has 4 aromatic heterocycles. The zero-order valence-electron chi connectivity index (χ0n) is 16.3. The predicted molar refractivity (Wildman–Crippen MR) is 114 cm³/mol. The van der Waals surface area contributed by atoms with Crippen molar-refractivity contribution in [2.75, 3.05) is 11.8 Å². The molecule has 0 aliphatic heterocycles. The Morgan fingerprint density at radius 1 is 1.07 bits per heavy atom. The average Bonchev–Trinajstić information content (AvgIpc) is 3.18. The minimum absolute atomic E-state index is 0.0891. The summed E-state index contributed by atoms with van der Waals surface area (Å²) in [5.74, 6) is 0.124. The molecule has 0 saturated carbocycles. The fourth-order valence-corrected chi connectivity index (χ4v) is 5.00. The molecule has 0 aliphatic carbocycles. The number of methoxy groups -OCH3 is 1. The van der Waals surface area contributed by atoms with Crippen LogP contribution in [0.4, 0.5) is 5.69 Å². The Morgan fingerprint density at radius 3 is 2.57 bits per heavy atom. The van der Waals surface area contributed by atoms with Crippen molar-refractivity contribution in [2.45, 2.75) is 18.1 Å². The number of aryl methyl sites for hydroxylation is 2. The lowest BCUT2D eigenvalue weighted by Crippen LogP contribution is -2.17. The van der Waals surface area contributed by atoms with Gasteiger partial charge in [-0.05, 0) is 32.0 Å². The number of nitrogens with one attached hydrogen (secondary N) is 1. The molecule has 0 unspecified atom stereocenters. The Balaban J connectivity index is 1.79. The highest BCUT2D eigenvalue weighted by Crippen LogP contribution is 2.31. The van der Waals surface area contributed by atoms with Gasteiger partial charge in [-0.15, -0.1) is 11.3 Å². The SMILES string of the molecule is COc1ncc(-c2ccc3ncc(C)c(=O)n3c2)cc1NS(=O)(=O)c1cnc(C)s1. The van der Waals surface area contributed by atoms with Crippen molar-refractivity contribution in [3.05, 3.63) is 63.9 Å². The van der Waals surface area contributed by atoms with E-state index in [1.807, 2.05) is 0 Å². The van der Waals surface area contributed by atoms with E-state index in [1.54, 1.807) is 44.4 Å². The zero-order chi connectivity index (χ0) is 21.5. The van der Waals surface area contributed by atoms with Crippen LogP contribution in [0.5, 0.6) is 5.88 Å². The van der Waals surface area contributed by atoms with Crippen LogP contribution in [0.25, 0.3) is 16.8 Å². The Bertz CT molecular complexity index is 1430. The van der Waals surface area contributed by atoms with Gasteiger partial charge in [0.25, 0.3) is 15.6 Å². The van der Waals surface area contributed by atoms with Crippen molar-refractivity contribution in [3.63, 3.8) is 0 Å². The second kappa shape index (κ2) is 7.50. The fourth-order valence-electron chi connectivity index (χ4n) is 2.85. The van der Waals surface area contributed by atoms with Gasteiger partial charge in [-0.3, -0.25) is 13.9 Å². The molecule has 154 valence electrons. The smallest absolute Gasteiger partial charge is 0.273 e. The van der Waals surface area contributed by atoms with E-state index in [1.165, 1.54) is 23.9 Å². The topological polar surface area (TPSA) is 116 Å². The maximum atomic E-state index is 12.7. The Kier molecular flexibility index (Phi) is 5.00. The molecular formula is C19H17N5O4S2. The van der Waals surface area contributed by atoms with Gasteiger partial charge in [-0.2, -0.15) is 0 Å². The number of pyridine rings is 2. The number of hydrogen-bond acceptors (Lipinski definition) is 8. The van der Waals surface area contributed by atoms with Gasteiger partial charge in [0.2, 0.25) is 5.88 Å². The molecule has 0 bridgehead atoms. The van der Waals surface area contributed by atoms with Gasteiger partial charge in [0.1, 0.15) is 11.3 Å². The van der Waals surface area contributed by atoms with Gasteiger partial charge < -0.3 is 4.74 Å². The molecule has 0 aliphatic rings. The van der Waals surface area contributed by atoms with E-state index in [-0.39, 0.29) is 21.3 Å². The summed E-state index contributed by atoms with van der Waals surface area (Å²) in [4.78, 5) is 24.9. The van der Waals surface area contributed by atoms with Gasteiger partial charge >= 0.3 is 0 Å². The Hall–Kier alpha value is -3.31. The lowest BCUT2D eigenvalue weighted by molar-refractivity contribution is 0.400. The van der Waals surface area contributed by atoms with E-state index >= 15 is 0 Å². The normalized spacial score (nSPS) is 11.6. The molecule has 0 fully saturated rings. The molecule has 0 aromatic carbocycles. The largest absolute Gasteiger partial charge is 0.480 e. The van der Waals surface area contributed by atoms with Crippen molar-refractivity contribution in [3.8, 4) is 17.0 Å². The zero-order valence-corrected chi connectivity index (χ0v) is 17.9. The predicted octanol–water partition coefficient (Wildman–Crippen LogP) is 2.64. The van der Waals surface area contributed by atoms with Crippen LogP contribution in [-0.2, 0) is 10.0 Å². The summed E-state index contributed by atoms with van der Waals surface area (Å²) in [7, 11) is -2.45. The lowest BCUT2D eigenvalue weighted by Gasteiger charge is -2.12. The quantitative estimate of drug-likeness (QED) is 0.504. The molecule has 4 heterocycles. The number of nitrogens with zero attached hydrogens (tertiary/aromatic N) is 4. The van der Waals surface area contributed by atoms with Crippen LogP contribution in [0.3, 0.4) is 0 Å². The highest BCUT2D eigenvalue weighted by molar-refractivity contribution is 7.94. The highest BCUT2D eigenvalue weighted by atomic mass is 32.2. The summed E-state index contributed by atoms with van der Waals surface area (Å²) >= 11 is 1.06. The van der Waals surface area contributed by atoms with Gasteiger partial charge in [-0.1, -0.05) is 0 Å². The van der Waals surface area contributed by atoms with Crippen LogP contribution in [0.1, 0.15) is 10.6 Å². The molecule has 9 nitrogen and oxygen atoms in total. The van der Waals surface area contributed by atoms with E-state index in [0.29, 0.717) is 27.3 Å². The maximum absolute atomic E-state index is 12.7. The fraction of sp³-hybridized carbons (Fsp3) is 0.158. The molecule has 1 N–H and O–H groups in total. The minimum atomic E-state index is -3.85. The minimum Gasteiger partial charge on any atom is -0.480 e. The van der Waals surface area contributed by atoms with Crippen molar-refractivity contribution < 1.29 is 13.2 Å². The molecule has 11 heteroatoms. The third-order valence-electron chi connectivity index (χ3n) is 4.36.